The van der Waals surface area contributed by atoms with Gasteiger partial charge in [-0.2, -0.15) is 0 Å². The topological polar surface area (TPSA) is 55.6 Å². The highest BCUT2D eigenvalue weighted by Crippen LogP contribution is 2.27. The Bertz CT molecular complexity index is 910. The van der Waals surface area contributed by atoms with Crippen molar-refractivity contribution in [3.8, 4) is 11.3 Å². The van der Waals surface area contributed by atoms with Crippen molar-refractivity contribution in [3.63, 3.8) is 0 Å². The summed E-state index contributed by atoms with van der Waals surface area (Å²) in [7, 11) is 0. The van der Waals surface area contributed by atoms with Gasteiger partial charge >= 0.3 is 0 Å². The molecule has 25 heavy (non-hydrogen) atoms. The van der Waals surface area contributed by atoms with Crippen LogP contribution in [0.15, 0.2) is 30.5 Å². The monoisotopic (exact) mass is 359 g/mol. The third-order valence-corrected chi connectivity index (χ3v) is 5.59. The highest BCUT2D eigenvalue weighted by molar-refractivity contribution is 7.17. The Morgan fingerprint density at radius 2 is 2.24 bits per heavy atom. The first kappa shape index (κ1) is 16.2. The molecule has 1 aliphatic rings. The fourth-order valence-corrected chi connectivity index (χ4v) is 4.03. The number of hydrogen-bond acceptors (Lipinski definition) is 4. The number of thiazole rings is 1. The molecule has 1 aromatic carbocycles. The summed E-state index contributed by atoms with van der Waals surface area (Å²) in [6, 6.07) is 6.31. The molecule has 1 amide bonds. The first-order valence-electron chi connectivity index (χ1n) is 8.24. The minimum Gasteiger partial charge on any atom is -0.368 e. The summed E-state index contributed by atoms with van der Waals surface area (Å²) in [6.07, 6.45) is 3.37. The van der Waals surface area contributed by atoms with Gasteiger partial charge in [0, 0.05) is 28.9 Å². The normalized spacial score (nSPS) is 17.3. The summed E-state index contributed by atoms with van der Waals surface area (Å²) in [5, 5.41) is 2.95. The Labute approximate surface area is 148 Å². The second-order valence-corrected chi connectivity index (χ2v) is 7.18. The molecule has 5 nitrogen and oxygen atoms in total. The van der Waals surface area contributed by atoms with Gasteiger partial charge in [0.2, 0.25) is 5.91 Å². The molecule has 0 aliphatic carbocycles. The van der Waals surface area contributed by atoms with Gasteiger partial charge in [-0.25, -0.2) is 9.37 Å². The number of carbonyl (C=O) groups is 1. The SMILES string of the molecule is Cc1c(CNC(=O)C2CCCO2)sc2nc(-c3ccc(F)cc3)cn12. The minimum atomic E-state index is -0.311. The summed E-state index contributed by atoms with van der Waals surface area (Å²) < 4.78 is 20.5. The number of nitrogens with one attached hydrogen (secondary N) is 1. The van der Waals surface area contributed by atoms with Gasteiger partial charge in [-0.3, -0.25) is 9.20 Å². The van der Waals surface area contributed by atoms with Crippen LogP contribution in [0.2, 0.25) is 0 Å². The van der Waals surface area contributed by atoms with Gasteiger partial charge in [0.15, 0.2) is 4.96 Å². The van der Waals surface area contributed by atoms with Crippen LogP contribution in [-0.2, 0) is 16.1 Å². The quantitative estimate of drug-likeness (QED) is 0.778. The summed E-state index contributed by atoms with van der Waals surface area (Å²) in [5.74, 6) is -0.305. The number of nitrogens with zero attached hydrogens (tertiary/aromatic N) is 2. The number of imidazole rings is 1. The van der Waals surface area contributed by atoms with Gasteiger partial charge < -0.3 is 10.1 Å². The lowest BCUT2D eigenvalue weighted by Crippen LogP contribution is -2.33. The molecule has 1 unspecified atom stereocenters. The summed E-state index contributed by atoms with van der Waals surface area (Å²) in [4.78, 5) is 18.6. The Morgan fingerprint density at radius 1 is 1.44 bits per heavy atom. The van der Waals surface area contributed by atoms with Crippen LogP contribution < -0.4 is 5.32 Å². The fraction of sp³-hybridized carbons (Fsp3) is 0.333. The number of rotatable bonds is 4. The van der Waals surface area contributed by atoms with Gasteiger partial charge in [-0.15, -0.1) is 0 Å². The highest BCUT2D eigenvalue weighted by atomic mass is 32.1. The van der Waals surface area contributed by atoms with E-state index in [1.165, 1.54) is 12.1 Å². The third kappa shape index (κ3) is 3.17. The fourth-order valence-electron chi connectivity index (χ4n) is 2.98. The van der Waals surface area contributed by atoms with Crippen LogP contribution in [0.1, 0.15) is 23.4 Å². The molecule has 1 aliphatic heterocycles. The van der Waals surface area contributed by atoms with Gasteiger partial charge in [0.05, 0.1) is 12.2 Å². The van der Waals surface area contributed by atoms with E-state index >= 15 is 0 Å². The van der Waals surface area contributed by atoms with E-state index in [1.54, 1.807) is 23.5 Å². The number of ether oxygens (including phenoxy) is 1. The molecule has 1 N–H and O–H groups in total. The number of fused-ring (bicyclic) bond motifs is 1. The molecule has 1 fully saturated rings. The molecule has 0 spiro atoms. The predicted molar refractivity (Wildman–Crippen MR) is 94.0 cm³/mol. The average Bonchev–Trinajstić information content (AvgIpc) is 3.32. The molecule has 3 aromatic rings. The lowest BCUT2D eigenvalue weighted by atomic mass is 10.2. The first-order chi connectivity index (χ1) is 12.1. The molecular formula is C18H18FN3O2S. The van der Waals surface area contributed by atoms with Gasteiger partial charge in [-0.1, -0.05) is 11.3 Å². The molecule has 0 bridgehead atoms. The predicted octanol–water partition coefficient (Wildman–Crippen LogP) is 3.31. The Morgan fingerprint density at radius 3 is 2.92 bits per heavy atom. The average molecular weight is 359 g/mol. The van der Waals surface area contributed by atoms with Crippen molar-refractivity contribution in [2.24, 2.45) is 0 Å². The summed E-state index contributed by atoms with van der Waals surface area (Å²) in [6.45, 7) is 3.15. The Hall–Kier alpha value is -2.25. The van der Waals surface area contributed by atoms with Crippen LogP contribution in [0.25, 0.3) is 16.2 Å². The second-order valence-electron chi connectivity index (χ2n) is 6.12. The van der Waals surface area contributed by atoms with Crippen LogP contribution >= 0.6 is 11.3 Å². The largest absolute Gasteiger partial charge is 0.368 e. The van der Waals surface area contributed by atoms with Gasteiger partial charge in [0.25, 0.3) is 0 Å². The maximum atomic E-state index is 13.1. The van der Waals surface area contributed by atoms with Crippen LogP contribution in [0.4, 0.5) is 4.39 Å². The van der Waals surface area contributed by atoms with Crippen LogP contribution in [0.5, 0.6) is 0 Å². The van der Waals surface area contributed by atoms with Crippen LogP contribution in [-0.4, -0.2) is 28.0 Å². The maximum Gasteiger partial charge on any atom is 0.249 e. The van der Waals surface area contributed by atoms with E-state index in [0.29, 0.717) is 13.2 Å². The number of halogens is 1. The van der Waals surface area contributed by atoms with Crippen molar-refractivity contribution in [1.82, 2.24) is 14.7 Å². The zero-order valence-corrected chi connectivity index (χ0v) is 14.6. The number of hydrogen-bond donors (Lipinski definition) is 1. The molecular weight excluding hydrogens is 341 g/mol. The van der Waals surface area contributed by atoms with E-state index < -0.39 is 0 Å². The van der Waals surface area contributed by atoms with E-state index in [1.807, 2.05) is 17.5 Å². The molecule has 1 atom stereocenters. The first-order valence-corrected chi connectivity index (χ1v) is 9.06. The lowest BCUT2D eigenvalue weighted by Gasteiger charge is -2.09. The van der Waals surface area contributed by atoms with E-state index in [-0.39, 0.29) is 17.8 Å². The van der Waals surface area contributed by atoms with Crippen molar-refractivity contribution >= 4 is 22.2 Å². The van der Waals surface area contributed by atoms with Crippen LogP contribution in [0, 0.1) is 12.7 Å². The molecule has 2 aromatic heterocycles. The molecule has 1 saturated heterocycles. The molecule has 0 saturated carbocycles. The van der Waals surface area contributed by atoms with Crippen molar-refractivity contribution in [2.75, 3.05) is 6.61 Å². The Balaban J connectivity index is 1.51. The molecule has 130 valence electrons. The minimum absolute atomic E-state index is 0.0464. The van der Waals surface area contributed by atoms with Crippen molar-refractivity contribution < 1.29 is 13.9 Å². The van der Waals surface area contributed by atoms with Crippen LogP contribution in [0.3, 0.4) is 0 Å². The molecule has 3 heterocycles. The smallest absolute Gasteiger partial charge is 0.249 e. The van der Waals surface area contributed by atoms with E-state index in [9.17, 15) is 9.18 Å². The standard InChI is InChI=1S/C18H18FN3O2S/c1-11-16(9-20-17(23)15-3-2-8-24-15)25-18-21-14(10-22(11)18)12-4-6-13(19)7-5-12/h4-7,10,15H,2-3,8-9H2,1H3,(H,20,23). The summed E-state index contributed by atoms with van der Waals surface area (Å²) >= 11 is 1.55. The number of benzene rings is 1. The number of amides is 1. The van der Waals surface area contributed by atoms with Crippen molar-refractivity contribution in [3.05, 3.63) is 46.9 Å². The molecule has 7 heteroatoms. The van der Waals surface area contributed by atoms with Crippen molar-refractivity contribution in [2.45, 2.75) is 32.4 Å². The lowest BCUT2D eigenvalue weighted by molar-refractivity contribution is -0.130. The van der Waals surface area contributed by atoms with E-state index in [4.69, 9.17) is 4.74 Å². The second kappa shape index (κ2) is 6.57. The highest BCUT2D eigenvalue weighted by Gasteiger charge is 2.23. The number of carbonyl (C=O) groups excluding carboxylic acids is 1. The third-order valence-electron chi connectivity index (χ3n) is 4.44. The molecule has 0 radical (unpaired) electrons. The maximum absolute atomic E-state index is 13.1. The summed E-state index contributed by atoms with van der Waals surface area (Å²) in [5.41, 5.74) is 2.74. The Kier molecular flexibility index (Phi) is 4.27. The van der Waals surface area contributed by atoms with Gasteiger partial charge in [0.1, 0.15) is 11.9 Å². The number of aryl methyl sites for hydroxylation is 1. The zero-order valence-electron chi connectivity index (χ0n) is 13.8. The zero-order chi connectivity index (χ0) is 17.4. The van der Waals surface area contributed by atoms with Gasteiger partial charge in [-0.05, 0) is 44.0 Å². The number of aromatic nitrogens is 2. The molecule has 4 rings (SSSR count). The van der Waals surface area contributed by atoms with E-state index in [0.717, 1.165) is 39.6 Å². The van der Waals surface area contributed by atoms with E-state index in [2.05, 4.69) is 10.3 Å². The van der Waals surface area contributed by atoms with Crippen molar-refractivity contribution in [1.29, 1.82) is 0 Å².